The van der Waals surface area contributed by atoms with Gasteiger partial charge in [0.1, 0.15) is 0 Å². The van der Waals surface area contributed by atoms with Gasteiger partial charge in [0.25, 0.3) is 0 Å². The van der Waals surface area contributed by atoms with Crippen molar-refractivity contribution in [3.63, 3.8) is 0 Å². The van der Waals surface area contributed by atoms with Gasteiger partial charge in [0, 0.05) is 0 Å². The van der Waals surface area contributed by atoms with E-state index in [1.54, 1.807) is 0 Å². The van der Waals surface area contributed by atoms with Crippen LogP contribution >= 0.6 is 0 Å². The third-order valence-corrected chi connectivity index (χ3v) is 33.6. The van der Waals surface area contributed by atoms with E-state index in [2.05, 4.69) is 55.4 Å². The van der Waals surface area contributed by atoms with Crippen molar-refractivity contribution in [1.29, 1.82) is 0 Å². The molecule has 1 aliphatic rings. The summed E-state index contributed by atoms with van der Waals surface area (Å²) in [6.07, 6.45) is 41.4. The molecule has 0 aromatic rings. The highest BCUT2D eigenvalue weighted by Crippen LogP contribution is 2.46. The standard InChI is InChI=1S/C48H104O4Si4/c1-9-17-25-33-41-53(42-34-26-18-10-2)49-54(43-35-27-19-11-3,44-36-28-20-12-4)51-56(47-39-31-23-15-7,48-40-32-24-16-8)52-55(50-53,45-37-29-21-13-5)46-38-30-22-14-6/h9-48H2,1-8H3. The lowest BCUT2D eigenvalue weighted by molar-refractivity contribution is 0.201. The van der Waals surface area contributed by atoms with E-state index in [1.807, 2.05) is 0 Å². The maximum Gasteiger partial charge on any atom is 0.320 e. The van der Waals surface area contributed by atoms with Gasteiger partial charge in [-0.25, -0.2) is 0 Å². The minimum absolute atomic E-state index is 1.17. The molecule has 1 saturated heterocycles. The zero-order valence-electron chi connectivity index (χ0n) is 39.9. The molecule has 336 valence electrons. The second-order valence-electron chi connectivity index (χ2n) is 18.5. The Bertz CT molecular complexity index is 661. The highest BCUT2D eigenvalue weighted by Gasteiger charge is 2.61. The van der Waals surface area contributed by atoms with Crippen LogP contribution in [0.1, 0.15) is 261 Å². The van der Waals surface area contributed by atoms with E-state index < -0.39 is 34.2 Å². The van der Waals surface area contributed by atoms with E-state index in [9.17, 15) is 0 Å². The van der Waals surface area contributed by atoms with Crippen molar-refractivity contribution in [2.24, 2.45) is 0 Å². The summed E-state index contributed by atoms with van der Waals surface area (Å²) in [7, 11) is -10.7. The molecule has 1 aliphatic heterocycles. The Labute approximate surface area is 358 Å². The summed E-state index contributed by atoms with van der Waals surface area (Å²) in [6, 6.07) is 9.37. The van der Waals surface area contributed by atoms with Gasteiger partial charge in [0.15, 0.2) is 0 Å². The van der Waals surface area contributed by atoms with Gasteiger partial charge in [-0.15, -0.1) is 0 Å². The van der Waals surface area contributed by atoms with Crippen molar-refractivity contribution in [2.75, 3.05) is 0 Å². The van der Waals surface area contributed by atoms with Gasteiger partial charge in [-0.2, -0.15) is 0 Å². The van der Waals surface area contributed by atoms with Gasteiger partial charge in [-0.05, 0) is 48.4 Å². The van der Waals surface area contributed by atoms with E-state index in [0.29, 0.717) is 0 Å². The van der Waals surface area contributed by atoms with E-state index in [1.165, 1.54) is 254 Å². The zero-order chi connectivity index (χ0) is 41.1. The molecule has 0 aromatic heterocycles. The smallest absolute Gasteiger partial charge is 0.320 e. The number of rotatable bonds is 40. The monoisotopic (exact) mass is 857 g/mol. The van der Waals surface area contributed by atoms with Gasteiger partial charge in [-0.1, -0.05) is 261 Å². The van der Waals surface area contributed by atoms with Crippen molar-refractivity contribution in [3.05, 3.63) is 0 Å². The highest BCUT2D eigenvalue weighted by molar-refractivity contribution is 6.95. The predicted molar refractivity (Wildman–Crippen MR) is 259 cm³/mol. The molecule has 0 aromatic carbocycles. The van der Waals surface area contributed by atoms with Gasteiger partial charge >= 0.3 is 34.2 Å². The van der Waals surface area contributed by atoms with Crippen LogP contribution in [-0.2, 0) is 16.5 Å². The largest absolute Gasteiger partial charge is 0.415 e. The maximum absolute atomic E-state index is 8.43. The van der Waals surface area contributed by atoms with Crippen molar-refractivity contribution < 1.29 is 16.5 Å². The minimum atomic E-state index is -2.66. The zero-order valence-corrected chi connectivity index (χ0v) is 43.9. The van der Waals surface area contributed by atoms with E-state index in [0.717, 1.165) is 0 Å². The van der Waals surface area contributed by atoms with Crippen LogP contribution in [0.25, 0.3) is 0 Å². The summed E-state index contributed by atoms with van der Waals surface area (Å²) < 4.78 is 33.7. The predicted octanol–water partition coefficient (Wildman–Crippen LogP) is 18.5. The molecule has 0 N–H and O–H groups in total. The summed E-state index contributed by atoms with van der Waals surface area (Å²) >= 11 is 0. The first-order valence-electron chi connectivity index (χ1n) is 26.1. The number of hydrogen-bond acceptors (Lipinski definition) is 4. The number of hydrogen-bond donors (Lipinski definition) is 0. The Morgan fingerprint density at radius 2 is 0.304 bits per heavy atom. The molecule has 56 heavy (non-hydrogen) atoms. The summed E-state index contributed by atoms with van der Waals surface area (Å²) in [5, 5.41) is 0. The lowest BCUT2D eigenvalue weighted by Gasteiger charge is -2.54. The normalized spacial score (nSPS) is 17.6. The molecule has 0 amide bonds. The van der Waals surface area contributed by atoms with Crippen LogP contribution in [0.3, 0.4) is 0 Å². The van der Waals surface area contributed by atoms with Gasteiger partial charge in [-0.3, -0.25) is 0 Å². The second-order valence-corrected chi connectivity index (χ2v) is 33.1. The van der Waals surface area contributed by atoms with Gasteiger partial charge < -0.3 is 16.5 Å². The molecule has 8 heteroatoms. The molecule has 1 rings (SSSR count). The third-order valence-electron chi connectivity index (χ3n) is 12.8. The lowest BCUT2D eigenvalue weighted by Crippen LogP contribution is -2.70. The first-order valence-corrected chi connectivity index (χ1v) is 35.0. The molecule has 0 unspecified atom stereocenters. The topological polar surface area (TPSA) is 36.9 Å². The van der Waals surface area contributed by atoms with Crippen LogP contribution in [0.2, 0.25) is 48.4 Å². The molecule has 0 spiro atoms. The van der Waals surface area contributed by atoms with Crippen molar-refractivity contribution >= 4 is 34.2 Å². The Balaban J connectivity index is 4.13. The molecular weight excluding hydrogens is 753 g/mol. The maximum atomic E-state index is 8.43. The lowest BCUT2D eigenvalue weighted by atomic mass is 10.2. The first-order chi connectivity index (χ1) is 27.3. The second kappa shape index (κ2) is 35.3. The first kappa shape index (κ1) is 54.7. The molecule has 0 aliphatic carbocycles. The van der Waals surface area contributed by atoms with Crippen LogP contribution in [0.15, 0.2) is 0 Å². The fourth-order valence-electron chi connectivity index (χ4n) is 9.32. The average Bonchev–Trinajstić information content (AvgIpc) is 3.19. The van der Waals surface area contributed by atoms with E-state index in [4.69, 9.17) is 16.5 Å². The summed E-state index contributed by atoms with van der Waals surface area (Å²) in [5.41, 5.74) is 0. The molecule has 4 nitrogen and oxygen atoms in total. The Morgan fingerprint density at radius 1 is 0.179 bits per heavy atom. The quantitative estimate of drug-likeness (QED) is 0.0454. The Hall–Kier alpha value is 0.708. The molecular formula is C48H104O4Si4. The van der Waals surface area contributed by atoms with Crippen LogP contribution < -0.4 is 0 Å². The molecule has 0 atom stereocenters. The average molecular weight is 858 g/mol. The van der Waals surface area contributed by atoms with Crippen LogP contribution in [-0.4, -0.2) is 34.2 Å². The molecule has 0 saturated carbocycles. The minimum Gasteiger partial charge on any atom is -0.415 e. The van der Waals surface area contributed by atoms with Crippen molar-refractivity contribution in [1.82, 2.24) is 0 Å². The fraction of sp³-hybridized carbons (Fsp3) is 1.00. The summed E-state index contributed by atoms with van der Waals surface area (Å²) in [6.45, 7) is 18.9. The summed E-state index contributed by atoms with van der Waals surface area (Å²) in [5.74, 6) is 0. The van der Waals surface area contributed by atoms with Crippen LogP contribution in [0.5, 0.6) is 0 Å². The Morgan fingerprint density at radius 3 is 0.411 bits per heavy atom. The van der Waals surface area contributed by atoms with Crippen molar-refractivity contribution in [2.45, 2.75) is 309 Å². The molecule has 0 bridgehead atoms. The van der Waals surface area contributed by atoms with Gasteiger partial charge in [0.2, 0.25) is 0 Å². The Kier molecular flexibility index (Phi) is 34.5. The third kappa shape index (κ3) is 24.2. The molecule has 1 heterocycles. The molecule has 1 fully saturated rings. The SMILES string of the molecule is CCCCCC[Si]1(CCCCCC)O[Si](CCCCCC)(CCCCCC)O[Si](CCCCCC)(CCCCCC)O[Si](CCCCCC)(CCCCCC)O1. The highest BCUT2D eigenvalue weighted by atomic mass is 28.5. The van der Waals surface area contributed by atoms with E-state index in [-0.39, 0.29) is 0 Å². The van der Waals surface area contributed by atoms with Crippen LogP contribution in [0, 0.1) is 0 Å². The van der Waals surface area contributed by atoms with E-state index >= 15 is 0 Å². The number of unbranched alkanes of at least 4 members (excludes halogenated alkanes) is 24. The fourth-order valence-corrected chi connectivity index (χ4v) is 36.2. The van der Waals surface area contributed by atoms with Gasteiger partial charge in [0.05, 0.1) is 0 Å². The molecule has 0 radical (unpaired) electrons. The van der Waals surface area contributed by atoms with Crippen LogP contribution in [0.4, 0.5) is 0 Å². The summed E-state index contributed by atoms with van der Waals surface area (Å²) in [4.78, 5) is 0. The van der Waals surface area contributed by atoms with Crippen molar-refractivity contribution in [3.8, 4) is 0 Å².